The summed E-state index contributed by atoms with van der Waals surface area (Å²) in [6.07, 6.45) is 0. The van der Waals surface area contributed by atoms with Gasteiger partial charge < -0.3 is 16.2 Å². The quantitative estimate of drug-likeness (QED) is 0.850. The molecular formula is C13H12N4O. The van der Waals surface area contributed by atoms with E-state index in [-0.39, 0.29) is 22.9 Å². The monoisotopic (exact) mass is 240 g/mol. The number of nitriles is 1. The first-order chi connectivity index (χ1) is 8.70. The van der Waals surface area contributed by atoms with Crippen LogP contribution in [0.4, 0.5) is 11.5 Å². The van der Waals surface area contributed by atoms with Crippen LogP contribution >= 0.6 is 0 Å². The topological polar surface area (TPSA) is 98.0 Å². The molecule has 4 N–H and O–H groups in total. The minimum atomic E-state index is 0.166. The second-order valence-electron chi connectivity index (χ2n) is 3.70. The number of nitrogen functional groups attached to an aromatic ring is 2. The van der Waals surface area contributed by atoms with Crippen molar-refractivity contribution in [3.63, 3.8) is 0 Å². The van der Waals surface area contributed by atoms with Crippen LogP contribution in [-0.4, -0.2) is 4.98 Å². The molecule has 1 aromatic heterocycles. The highest BCUT2D eigenvalue weighted by molar-refractivity contribution is 5.62. The summed E-state index contributed by atoms with van der Waals surface area (Å²) in [5.41, 5.74) is 12.7. The van der Waals surface area contributed by atoms with Crippen molar-refractivity contribution in [2.75, 3.05) is 11.5 Å². The molecule has 0 amide bonds. The number of ether oxygens (including phenoxy) is 1. The summed E-state index contributed by atoms with van der Waals surface area (Å²) in [6, 6.07) is 13.0. The smallest absolute Gasteiger partial charge is 0.236 e. The van der Waals surface area contributed by atoms with E-state index in [0.717, 1.165) is 5.56 Å². The molecule has 0 spiro atoms. The van der Waals surface area contributed by atoms with Gasteiger partial charge in [0.15, 0.2) is 0 Å². The Labute approximate surface area is 105 Å². The Bertz CT molecular complexity index is 590. The highest BCUT2D eigenvalue weighted by Gasteiger charge is 2.10. The molecule has 2 aromatic rings. The third-order valence-electron chi connectivity index (χ3n) is 2.37. The molecule has 0 fully saturated rings. The van der Waals surface area contributed by atoms with E-state index >= 15 is 0 Å². The maximum Gasteiger partial charge on any atom is 0.236 e. The van der Waals surface area contributed by atoms with E-state index in [4.69, 9.17) is 21.5 Å². The van der Waals surface area contributed by atoms with Crippen molar-refractivity contribution in [1.82, 2.24) is 4.98 Å². The van der Waals surface area contributed by atoms with Crippen molar-refractivity contribution in [1.29, 1.82) is 5.26 Å². The minimum absolute atomic E-state index is 0.166. The number of hydrogen-bond donors (Lipinski definition) is 2. The number of pyridine rings is 1. The van der Waals surface area contributed by atoms with Gasteiger partial charge in [-0.3, -0.25) is 0 Å². The molecule has 0 bridgehead atoms. The summed E-state index contributed by atoms with van der Waals surface area (Å²) in [4.78, 5) is 3.97. The van der Waals surface area contributed by atoms with Gasteiger partial charge in [0.1, 0.15) is 24.1 Å². The fourth-order valence-corrected chi connectivity index (χ4v) is 1.50. The van der Waals surface area contributed by atoms with Crippen LogP contribution in [0.3, 0.4) is 0 Å². The summed E-state index contributed by atoms with van der Waals surface area (Å²) in [5, 5.41) is 9.00. The number of anilines is 2. The van der Waals surface area contributed by atoms with E-state index in [1.807, 2.05) is 36.4 Å². The maximum absolute atomic E-state index is 9.00. The zero-order chi connectivity index (χ0) is 13.0. The summed E-state index contributed by atoms with van der Waals surface area (Å²) in [5.74, 6) is 0.397. The molecule has 18 heavy (non-hydrogen) atoms. The molecule has 0 radical (unpaired) electrons. The van der Waals surface area contributed by atoms with Crippen molar-refractivity contribution >= 4 is 11.5 Å². The molecule has 0 aliphatic carbocycles. The number of aromatic nitrogens is 1. The van der Waals surface area contributed by atoms with E-state index < -0.39 is 0 Å². The third kappa shape index (κ3) is 2.50. The molecule has 90 valence electrons. The standard InChI is InChI=1S/C13H12N4O/c14-7-10-11(15)6-12(16)17-13(10)18-8-9-4-2-1-3-5-9/h1-6H,8H2,(H4,15,16,17). The van der Waals surface area contributed by atoms with Crippen molar-refractivity contribution in [3.8, 4) is 11.9 Å². The molecule has 1 aromatic carbocycles. The van der Waals surface area contributed by atoms with Crippen molar-refractivity contribution in [2.45, 2.75) is 6.61 Å². The number of benzene rings is 1. The second kappa shape index (κ2) is 5.06. The molecule has 1 heterocycles. The Morgan fingerprint density at radius 2 is 1.94 bits per heavy atom. The average Bonchev–Trinajstić information content (AvgIpc) is 2.37. The van der Waals surface area contributed by atoms with Gasteiger partial charge in [0.05, 0.1) is 5.69 Å². The van der Waals surface area contributed by atoms with Crippen LogP contribution in [0.1, 0.15) is 11.1 Å². The van der Waals surface area contributed by atoms with Gasteiger partial charge in [-0.1, -0.05) is 30.3 Å². The Morgan fingerprint density at radius 3 is 2.61 bits per heavy atom. The Hall–Kier alpha value is -2.74. The number of hydrogen-bond acceptors (Lipinski definition) is 5. The normalized spacial score (nSPS) is 9.72. The van der Waals surface area contributed by atoms with Gasteiger partial charge in [-0.25, -0.2) is 0 Å². The van der Waals surface area contributed by atoms with Crippen LogP contribution in [0.2, 0.25) is 0 Å². The van der Waals surface area contributed by atoms with Crippen LogP contribution in [0, 0.1) is 11.3 Å². The Kier molecular flexibility index (Phi) is 3.30. The molecule has 0 saturated heterocycles. The molecule has 0 atom stereocenters. The van der Waals surface area contributed by atoms with Gasteiger partial charge in [-0.05, 0) is 5.56 Å². The lowest BCUT2D eigenvalue weighted by Gasteiger charge is -2.09. The van der Waals surface area contributed by atoms with Crippen molar-refractivity contribution in [2.24, 2.45) is 0 Å². The molecule has 0 aliphatic rings. The lowest BCUT2D eigenvalue weighted by molar-refractivity contribution is 0.293. The predicted molar refractivity (Wildman–Crippen MR) is 68.6 cm³/mol. The lowest BCUT2D eigenvalue weighted by Crippen LogP contribution is -2.04. The van der Waals surface area contributed by atoms with Crippen LogP contribution < -0.4 is 16.2 Å². The zero-order valence-corrected chi connectivity index (χ0v) is 9.63. The molecule has 0 saturated carbocycles. The number of nitrogens with two attached hydrogens (primary N) is 2. The van der Waals surface area contributed by atoms with E-state index in [1.54, 1.807) is 0 Å². The fourth-order valence-electron chi connectivity index (χ4n) is 1.50. The molecule has 0 aliphatic heterocycles. The van der Waals surface area contributed by atoms with Crippen LogP contribution in [0.25, 0.3) is 0 Å². The van der Waals surface area contributed by atoms with Gasteiger partial charge in [0, 0.05) is 6.07 Å². The van der Waals surface area contributed by atoms with Crippen LogP contribution in [0.15, 0.2) is 36.4 Å². The van der Waals surface area contributed by atoms with E-state index in [1.165, 1.54) is 6.07 Å². The molecule has 5 nitrogen and oxygen atoms in total. The Morgan fingerprint density at radius 1 is 1.22 bits per heavy atom. The fraction of sp³-hybridized carbons (Fsp3) is 0.0769. The molecule has 0 unspecified atom stereocenters. The molecule has 5 heteroatoms. The summed E-state index contributed by atoms with van der Waals surface area (Å²) in [6.45, 7) is 0.311. The summed E-state index contributed by atoms with van der Waals surface area (Å²) >= 11 is 0. The van der Waals surface area contributed by atoms with Gasteiger partial charge in [-0.15, -0.1) is 0 Å². The first-order valence-electron chi connectivity index (χ1n) is 5.33. The highest BCUT2D eigenvalue weighted by Crippen LogP contribution is 2.24. The number of nitrogens with zero attached hydrogens (tertiary/aromatic N) is 2. The SMILES string of the molecule is N#Cc1c(N)cc(N)nc1OCc1ccccc1. The number of rotatable bonds is 3. The Balaban J connectivity index is 2.22. The van der Waals surface area contributed by atoms with E-state index in [2.05, 4.69) is 4.98 Å². The van der Waals surface area contributed by atoms with Crippen LogP contribution in [0.5, 0.6) is 5.88 Å². The summed E-state index contributed by atoms with van der Waals surface area (Å²) in [7, 11) is 0. The zero-order valence-electron chi connectivity index (χ0n) is 9.63. The predicted octanol–water partition coefficient (Wildman–Crippen LogP) is 1.70. The van der Waals surface area contributed by atoms with Gasteiger partial charge in [-0.2, -0.15) is 10.2 Å². The highest BCUT2D eigenvalue weighted by atomic mass is 16.5. The average molecular weight is 240 g/mol. The lowest BCUT2D eigenvalue weighted by atomic mass is 10.2. The van der Waals surface area contributed by atoms with Crippen molar-refractivity contribution in [3.05, 3.63) is 47.5 Å². The van der Waals surface area contributed by atoms with Gasteiger partial charge >= 0.3 is 0 Å². The van der Waals surface area contributed by atoms with E-state index in [0.29, 0.717) is 6.61 Å². The van der Waals surface area contributed by atoms with Crippen LogP contribution in [-0.2, 0) is 6.61 Å². The van der Waals surface area contributed by atoms with Crippen molar-refractivity contribution < 1.29 is 4.74 Å². The minimum Gasteiger partial charge on any atom is -0.472 e. The first kappa shape index (κ1) is 11.7. The van der Waals surface area contributed by atoms with Gasteiger partial charge in [0.2, 0.25) is 5.88 Å². The summed E-state index contributed by atoms with van der Waals surface area (Å²) < 4.78 is 5.48. The second-order valence-corrected chi connectivity index (χ2v) is 3.70. The third-order valence-corrected chi connectivity index (χ3v) is 2.37. The van der Waals surface area contributed by atoms with Gasteiger partial charge in [0.25, 0.3) is 0 Å². The van der Waals surface area contributed by atoms with E-state index in [9.17, 15) is 0 Å². The molecular weight excluding hydrogens is 228 g/mol. The molecule has 2 rings (SSSR count). The maximum atomic E-state index is 9.00. The largest absolute Gasteiger partial charge is 0.472 e. The first-order valence-corrected chi connectivity index (χ1v) is 5.33.